The maximum Gasteiger partial charge on any atom is 0.146 e. The van der Waals surface area contributed by atoms with Crippen LogP contribution in [0.15, 0.2) is 18.2 Å². The lowest BCUT2D eigenvalue weighted by Crippen LogP contribution is -2.34. The standard InChI is InChI=1S/C13H17BrFN/c1-10-5-7-16(8-6-10)13-11(9-14)3-2-4-12(13)15/h2-4,10H,5-9H2,1H3. The van der Waals surface area contributed by atoms with Gasteiger partial charge in [-0.1, -0.05) is 35.0 Å². The molecular weight excluding hydrogens is 269 g/mol. The van der Waals surface area contributed by atoms with Crippen molar-refractivity contribution in [3.8, 4) is 0 Å². The van der Waals surface area contributed by atoms with E-state index >= 15 is 0 Å². The minimum atomic E-state index is -0.0912. The number of anilines is 1. The molecule has 0 radical (unpaired) electrons. The summed E-state index contributed by atoms with van der Waals surface area (Å²) >= 11 is 3.43. The van der Waals surface area contributed by atoms with Gasteiger partial charge in [0.25, 0.3) is 0 Å². The van der Waals surface area contributed by atoms with Crippen molar-refractivity contribution in [1.29, 1.82) is 0 Å². The summed E-state index contributed by atoms with van der Waals surface area (Å²) in [5, 5.41) is 0.714. The van der Waals surface area contributed by atoms with E-state index < -0.39 is 0 Å². The van der Waals surface area contributed by atoms with Crippen LogP contribution in [0, 0.1) is 11.7 Å². The molecule has 16 heavy (non-hydrogen) atoms. The fraction of sp³-hybridized carbons (Fsp3) is 0.538. The third-order valence-corrected chi connectivity index (χ3v) is 3.92. The van der Waals surface area contributed by atoms with Crippen LogP contribution in [0.1, 0.15) is 25.3 Å². The molecule has 1 fully saturated rings. The SMILES string of the molecule is CC1CCN(c2c(F)cccc2CBr)CC1. The third-order valence-electron chi connectivity index (χ3n) is 3.31. The molecule has 1 aromatic rings. The van der Waals surface area contributed by atoms with Gasteiger partial charge in [0, 0.05) is 18.4 Å². The normalized spacial score (nSPS) is 17.8. The fourth-order valence-corrected chi connectivity index (χ4v) is 2.71. The second-order valence-electron chi connectivity index (χ2n) is 4.55. The van der Waals surface area contributed by atoms with Crippen LogP contribution in [0.4, 0.5) is 10.1 Å². The van der Waals surface area contributed by atoms with Crippen LogP contribution in [-0.4, -0.2) is 13.1 Å². The van der Waals surface area contributed by atoms with E-state index in [9.17, 15) is 4.39 Å². The summed E-state index contributed by atoms with van der Waals surface area (Å²) in [4.78, 5) is 2.19. The predicted molar refractivity (Wildman–Crippen MR) is 69.6 cm³/mol. The van der Waals surface area contributed by atoms with E-state index in [2.05, 4.69) is 27.8 Å². The lowest BCUT2D eigenvalue weighted by Gasteiger charge is -2.33. The summed E-state index contributed by atoms with van der Waals surface area (Å²) in [7, 11) is 0. The van der Waals surface area contributed by atoms with Crippen molar-refractivity contribution in [2.45, 2.75) is 25.1 Å². The summed E-state index contributed by atoms with van der Waals surface area (Å²) < 4.78 is 13.9. The second-order valence-corrected chi connectivity index (χ2v) is 5.11. The van der Waals surface area contributed by atoms with Crippen LogP contribution in [0.2, 0.25) is 0 Å². The predicted octanol–water partition coefficient (Wildman–Crippen LogP) is 3.96. The summed E-state index contributed by atoms with van der Waals surface area (Å²) in [5.41, 5.74) is 1.85. The lowest BCUT2D eigenvalue weighted by atomic mass is 9.98. The van der Waals surface area contributed by atoms with Crippen molar-refractivity contribution in [2.24, 2.45) is 5.92 Å². The molecule has 1 nitrogen and oxygen atoms in total. The Bertz CT molecular complexity index is 359. The van der Waals surface area contributed by atoms with E-state index in [-0.39, 0.29) is 5.82 Å². The van der Waals surface area contributed by atoms with Gasteiger partial charge in [0.15, 0.2) is 0 Å². The van der Waals surface area contributed by atoms with Crippen molar-refractivity contribution in [3.05, 3.63) is 29.6 Å². The molecule has 0 atom stereocenters. The molecule has 0 spiro atoms. The lowest BCUT2D eigenvalue weighted by molar-refractivity contribution is 0.434. The van der Waals surface area contributed by atoms with E-state index in [1.165, 1.54) is 0 Å². The van der Waals surface area contributed by atoms with Crippen molar-refractivity contribution in [1.82, 2.24) is 0 Å². The van der Waals surface area contributed by atoms with Crippen LogP contribution in [0.3, 0.4) is 0 Å². The van der Waals surface area contributed by atoms with Gasteiger partial charge in [-0.05, 0) is 30.4 Å². The Morgan fingerprint density at radius 2 is 2.06 bits per heavy atom. The number of para-hydroxylation sites is 1. The number of hydrogen-bond acceptors (Lipinski definition) is 1. The number of hydrogen-bond donors (Lipinski definition) is 0. The number of rotatable bonds is 2. The largest absolute Gasteiger partial charge is 0.369 e. The summed E-state index contributed by atoms with van der Waals surface area (Å²) in [5.74, 6) is 0.682. The number of benzene rings is 1. The molecule has 1 heterocycles. The first-order chi connectivity index (χ1) is 7.72. The van der Waals surface area contributed by atoms with E-state index in [0.717, 1.165) is 43.1 Å². The van der Waals surface area contributed by atoms with Crippen LogP contribution in [0.5, 0.6) is 0 Å². The molecule has 1 aliphatic rings. The van der Waals surface area contributed by atoms with E-state index in [1.807, 2.05) is 6.07 Å². The molecule has 0 amide bonds. The molecule has 88 valence electrons. The molecule has 0 aromatic heterocycles. The topological polar surface area (TPSA) is 3.24 Å². The molecule has 0 bridgehead atoms. The Morgan fingerprint density at radius 3 is 2.69 bits per heavy atom. The summed E-state index contributed by atoms with van der Waals surface area (Å²) in [6.07, 6.45) is 2.33. The van der Waals surface area contributed by atoms with Gasteiger partial charge < -0.3 is 4.90 Å². The van der Waals surface area contributed by atoms with Gasteiger partial charge in [0.1, 0.15) is 5.82 Å². The molecule has 0 N–H and O–H groups in total. The summed E-state index contributed by atoms with van der Waals surface area (Å²) in [6.45, 7) is 4.22. The van der Waals surface area contributed by atoms with Gasteiger partial charge in [-0.3, -0.25) is 0 Å². The Balaban J connectivity index is 2.25. The van der Waals surface area contributed by atoms with Gasteiger partial charge in [-0.2, -0.15) is 0 Å². The first-order valence-corrected chi connectivity index (χ1v) is 6.93. The Labute approximate surface area is 105 Å². The van der Waals surface area contributed by atoms with Crippen LogP contribution >= 0.6 is 15.9 Å². The van der Waals surface area contributed by atoms with Crippen molar-refractivity contribution < 1.29 is 4.39 Å². The molecule has 2 rings (SSSR count). The first kappa shape index (κ1) is 11.9. The minimum Gasteiger partial charge on any atom is -0.369 e. The zero-order valence-electron chi connectivity index (χ0n) is 9.55. The maximum atomic E-state index is 13.9. The molecular formula is C13H17BrFN. The quantitative estimate of drug-likeness (QED) is 0.744. The number of alkyl halides is 1. The number of halogens is 2. The Morgan fingerprint density at radius 1 is 1.38 bits per heavy atom. The Hall–Kier alpha value is -0.570. The summed E-state index contributed by atoms with van der Waals surface area (Å²) in [6, 6.07) is 5.33. The number of nitrogens with zero attached hydrogens (tertiary/aromatic N) is 1. The highest BCUT2D eigenvalue weighted by Gasteiger charge is 2.20. The molecule has 1 aliphatic heterocycles. The average molecular weight is 286 g/mol. The first-order valence-electron chi connectivity index (χ1n) is 5.80. The number of piperidine rings is 1. The van der Waals surface area contributed by atoms with Crippen molar-refractivity contribution in [3.63, 3.8) is 0 Å². The van der Waals surface area contributed by atoms with Crippen LogP contribution in [0.25, 0.3) is 0 Å². The molecule has 0 aliphatic carbocycles. The fourth-order valence-electron chi connectivity index (χ4n) is 2.25. The van der Waals surface area contributed by atoms with Gasteiger partial charge in [-0.25, -0.2) is 4.39 Å². The van der Waals surface area contributed by atoms with Gasteiger partial charge >= 0.3 is 0 Å². The average Bonchev–Trinajstić information content (AvgIpc) is 2.30. The highest BCUT2D eigenvalue weighted by molar-refractivity contribution is 9.08. The molecule has 0 saturated carbocycles. The Kier molecular flexibility index (Phi) is 3.85. The molecule has 1 aromatic carbocycles. The van der Waals surface area contributed by atoms with Crippen LogP contribution < -0.4 is 4.90 Å². The highest BCUT2D eigenvalue weighted by Crippen LogP contribution is 2.30. The smallest absolute Gasteiger partial charge is 0.146 e. The monoisotopic (exact) mass is 285 g/mol. The van der Waals surface area contributed by atoms with Gasteiger partial charge in [0.05, 0.1) is 5.69 Å². The zero-order chi connectivity index (χ0) is 11.5. The third kappa shape index (κ3) is 2.40. The second kappa shape index (κ2) is 5.17. The van der Waals surface area contributed by atoms with E-state index in [1.54, 1.807) is 12.1 Å². The van der Waals surface area contributed by atoms with Gasteiger partial charge in [0.2, 0.25) is 0 Å². The molecule has 3 heteroatoms. The van der Waals surface area contributed by atoms with E-state index in [4.69, 9.17) is 0 Å². The minimum absolute atomic E-state index is 0.0912. The molecule has 1 saturated heterocycles. The molecule has 0 unspecified atom stereocenters. The van der Waals surface area contributed by atoms with Crippen molar-refractivity contribution >= 4 is 21.6 Å². The highest BCUT2D eigenvalue weighted by atomic mass is 79.9. The van der Waals surface area contributed by atoms with Crippen molar-refractivity contribution in [2.75, 3.05) is 18.0 Å². The van der Waals surface area contributed by atoms with Gasteiger partial charge in [-0.15, -0.1) is 0 Å². The zero-order valence-corrected chi connectivity index (χ0v) is 11.1. The van der Waals surface area contributed by atoms with Crippen LogP contribution in [-0.2, 0) is 5.33 Å². The maximum absolute atomic E-state index is 13.9. The van der Waals surface area contributed by atoms with E-state index in [0.29, 0.717) is 5.33 Å².